The van der Waals surface area contributed by atoms with Crippen molar-refractivity contribution in [3.8, 4) is 0 Å². The molecule has 1 aliphatic heterocycles. The lowest BCUT2D eigenvalue weighted by molar-refractivity contribution is 0.494. The highest BCUT2D eigenvalue weighted by atomic mass is 19.1. The molecule has 1 N–H and O–H groups in total. The van der Waals surface area contributed by atoms with Gasteiger partial charge in [0.25, 0.3) is 0 Å². The maximum absolute atomic E-state index is 13.3. The molecule has 3 nitrogen and oxygen atoms in total. The summed E-state index contributed by atoms with van der Waals surface area (Å²) in [6.45, 7) is 10.2. The first-order valence-electron chi connectivity index (χ1n) is 6.72. The van der Waals surface area contributed by atoms with Gasteiger partial charge in [0.15, 0.2) is 0 Å². The first-order valence-corrected chi connectivity index (χ1v) is 6.72. The zero-order valence-electron chi connectivity index (χ0n) is 11.4. The van der Waals surface area contributed by atoms with Crippen molar-refractivity contribution in [1.29, 1.82) is 0 Å². The summed E-state index contributed by atoms with van der Waals surface area (Å²) >= 11 is 0. The minimum absolute atomic E-state index is 0.257. The predicted octanol–water partition coefficient (Wildman–Crippen LogP) is 2.42. The van der Waals surface area contributed by atoms with Gasteiger partial charge in [-0.25, -0.2) is 9.37 Å². The largest absolute Gasteiger partial charge is 0.356 e. The monoisotopic (exact) mass is 251 g/mol. The van der Waals surface area contributed by atoms with Gasteiger partial charge in [0.05, 0.1) is 6.20 Å². The van der Waals surface area contributed by atoms with E-state index in [9.17, 15) is 4.39 Å². The highest BCUT2D eigenvalue weighted by molar-refractivity contribution is 5.48. The van der Waals surface area contributed by atoms with Gasteiger partial charge in [0.2, 0.25) is 0 Å². The lowest BCUT2D eigenvalue weighted by Crippen LogP contribution is -2.24. The summed E-state index contributed by atoms with van der Waals surface area (Å²) in [6.07, 6.45) is 1.32. The van der Waals surface area contributed by atoms with Crippen LogP contribution in [0.1, 0.15) is 26.3 Å². The molecule has 0 amide bonds. The first kappa shape index (κ1) is 13.3. The second-order valence-electron chi connectivity index (χ2n) is 5.28. The van der Waals surface area contributed by atoms with Crippen LogP contribution in [-0.2, 0) is 6.54 Å². The third-order valence-electron chi connectivity index (χ3n) is 3.76. The third kappa shape index (κ3) is 2.80. The molecule has 2 heterocycles. The van der Waals surface area contributed by atoms with Crippen LogP contribution in [-0.4, -0.2) is 24.6 Å². The van der Waals surface area contributed by atoms with Crippen molar-refractivity contribution >= 4 is 5.82 Å². The van der Waals surface area contributed by atoms with Crippen LogP contribution in [0.25, 0.3) is 0 Å². The van der Waals surface area contributed by atoms with E-state index in [4.69, 9.17) is 0 Å². The second-order valence-corrected chi connectivity index (χ2v) is 5.28. The summed E-state index contributed by atoms with van der Waals surface area (Å²) in [5, 5.41) is 3.24. The van der Waals surface area contributed by atoms with E-state index in [2.05, 4.69) is 29.0 Å². The Morgan fingerprint density at radius 2 is 2.06 bits per heavy atom. The molecule has 0 radical (unpaired) electrons. The highest BCUT2D eigenvalue weighted by Gasteiger charge is 2.28. The highest BCUT2D eigenvalue weighted by Crippen LogP contribution is 2.28. The number of anilines is 1. The molecular formula is C14H22FN3. The van der Waals surface area contributed by atoms with E-state index in [-0.39, 0.29) is 5.82 Å². The van der Waals surface area contributed by atoms with Gasteiger partial charge < -0.3 is 10.2 Å². The zero-order valence-corrected chi connectivity index (χ0v) is 11.4. The molecule has 1 fully saturated rings. The van der Waals surface area contributed by atoms with Gasteiger partial charge in [-0.3, -0.25) is 0 Å². The van der Waals surface area contributed by atoms with Crippen LogP contribution in [0.2, 0.25) is 0 Å². The molecule has 0 aromatic carbocycles. The van der Waals surface area contributed by atoms with E-state index in [1.165, 1.54) is 6.20 Å². The topological polar surface area (TPSA) is 28.2 Å². The Hall–Kier alpha value is -1.16. The van der Waals surface area contributed by atoms with E-state index in [1.807, 2.05) is 6.92 Å². The number of hydrogen-bond acceptors (Lipinski definition) is 3. The fourth-order valence-corrected chi connectivity index (χ4v) is 2.45. The molecule has 1 aromatic heterocycles. The normalized spacial score (nSPS) is 23.7. The molecule has 18 heavy (non-hydrogen) atoms. The predicted molar refractivity (Wildman–Crippen MR) is 72.1 cm³/mol. The molecule has 1 aliphatic rings. The number of pyridine rings is 1. The van der Waals surface area contributed by atoms with Crippen molar-refractivity contribution in [2.24, 2.45) is 11.8 Å². The zero-order chi connectivity index (χ0) is 13.1. The molecule has 0 saturated carbocycles. The maximum atomic E-state index is 13.3. The smallest absolute Gasteiger partial charge is 0.141 e. The maximum Gasteiger partial charge on any atom is 0.141 e. The SMILES string of the molecule is CCNCc1cc(F)cnc1N1CC(C)C(C)C1. The molecule has 4 heteroatoms. The van der Waals surface area contributed by atoms with Crippen molar-refractivity contribution in [3.05, 3.63) is 23.6 Å². The number of nitrogens with zero attached hydrogens (tertiary/aromatic N) is 2. The van der Waals surface area contributed by atoms with Crippen LogP contribution >= 0.6 is 0 Å². The number of hydrogen-bond donors (Lipinski definition) is 1. The summed E-state index contributed by atoms with van der Waals surface area (Å²) in [7, 11) is 0. The van der Waals surface area contributed by atoms with Gasteiger partial charge in [0, 0.05) is 25.2 Å². The van der Waals surface area contributed by atoms with Crippen LogP contribution in [0.3, 0.4) is 0 Å². The Bertz CT molecular complexity index is 398. The summed E-state index contributed by atoms with van der Waals surface area (Å²) in [6, 6.07) is 1.60. The number of nitrogens with one attached hydrogen (secondary N) is 1. The molecule has 2 unspecified atom stereocenters. The Balaban J connectivity index is 2.21. The average Bonchev–Trinajstić information content (AvgIpc) is 2.67. The van der Waals surface area contributed by atoms with Crippen molar-refractivity contribution in [3.63, 3.8) is 0 Å². The lowest BCUT2D eigenvalue weighted by Gasteiger charge is -2.20. The number of halogens is 1. The first-order chi connectivity index (χ1) is 8.61. The van der Waals surface area contributed by atoms with Gasteiger partial charge in [-0.1, -0.05) is 20.8 Å². The summed E-state index contributed by atoms with van der Waals surface area (Å²) < 4.78 is 13.3. The van der Waals surface area contributed by atoms with Crippen molar-refractivity contribution in [1.82, 2.24) is 10.3 Å². The van der Waals surface area contributed by atoms with E-state index in [1.54, 1.807) is 6.07 Å². The third-order valence-corrected chi connectivity index (χ3v) is 3.76. The van der Waals surface area contributed by atoms with Gasteiger partial charge in [-0.2, -0.15) is 0 Å². The minimum atomic E-state index is -0.257. The van der Waals surface area contributed by atoms with Gasteiger partial charge >= 0.3 is 0 Å². The van der Waals surface area contributed by atoms with E-state index < -0.39 is 0 Å². The Labute approximate surface area is 108 Å². The Morgan fingerprint density at radius 3 is 2.67 bits per heavy atom. The van der Waals surface area contributed by atoms with E-state index in [0.29, 0.717) is 18.4 Å². The fraction of sp³-hybridized carbons (Fsp3) is 0.643. The second kappa shape index (κ2) is 5.65. The lowest BCUT2D eigenvalue weighted by atomic mass is 10.0. The standard InChI is InChI=1S/C14H22FN3/c1-4-16-6-12-5-13(15)7-17-14(12)18-8-10(2)11(3)9-18/h5,7,10-11,16H,4,6,8-9H2,1-3H3. The molecule has 0 aliphatic carbocycles. The molecule has 2 atom stereocenters. The quantitative estimate of drug-likeness (QED) is 0.890. The summed E-state index contributed by atoms with van der Waals surface area (Å²) in [5.41, 5.74) is 0.957. The summed E-state index contributed by atoms with van der Waals surface area (Å²) in [4.78, 5) is 6.57. The molecule has 0 bridgehead atoms. The molecule has 1 saturated heterocycles. The summed E-state index contributed by atoms with van der Waals surface area (Å²) in [5.74, 6) is 2.02. The van der Waals surface area contributed by atoms with Crippen LogP contribution < -0.4 is 10.2 Å². The van der Waals surface area contributed by atoms with E-state index >= 15 is 0 Å². The van der Waals surface area contributed by atoms with Crippen molar-refractivity contribution < 1.29 is 4.39 Å². The Morgan fingerprint density at radius 1 is 1.39 bits per heavy atom. The molecule has 0 spiro atoms. The minimum Gasteiger partial charge on any atom is -0.356 e. The number of rotatable bonds is 4. The molecular weight excluding hydrogens is 229 g/mol. The van der Waals surface area contributed by atoms with Crippen LogP contribution in [0.5, 0.6) is 0 Å². The molecule has 2 rings (SSSR count). The number of aromatic nitrogens is 1. The molecule has 100 valence electrons. The molecule has 1 aromatic rings. The van der Waals surface area contributed by atoms with Gasteiger partial charge in [-0.05, 0) is 24.4 Å². The average molecular weight is 251 g/mol. The van der Waals surface area contributed by atoms with E-state index in [0.717, 1.165) is 31.0 Å². The van der Waals surface area contributed by atoms with Crippen molar-refractivity contribution in [2.45, 2.75) is 27.3 Å². The van der Waals surface area contributed by atoms with Crippen LogP contribution in [0, 0.1) is 17.7 Å². The fourth-order valence-electron chi connectivity index (χ4n) is 2.45. The van der Waals surface area contributed by atoms with Crippen molar-refractivity contribution in [2.75, 3.05) is 24.5 Å². The van der Waals surface area contributed by atoms with Crippen LogP contribution in [0.4, 0.5) is 10.2 Å². The van der Waals surface area contributed by atoms with Gasteiger partial charge in [0.1, 0.15) is 11.6 Å². The van der Waals surface area contributed by atoms with Gasteiger partial charge in [-0.15, -0.1) is 0 Å². The Kier molecular flexibility index (Phi) is 4.17. The van der Waals surface area contributed by atoms with Crippen LogP contribution in [0.15, 0.2) is 12.3 Å².